The fourth-order valence-corrected chi connectivity index (χ4v) is 1.64. The van der Waals surface area contributed by atoms with E-state index in [1.807, 2.05) is 22.6 Å². The highest BCUT2D eigenvalue weighted by atomic mass is 127. The van der Waals surface area contributed by atoms with Crippen LogP contribution in [0.5, 0.6) is 0 Å². The van der Waals surface area contributed by atoms with E-state index in [2.05, 4.69) is 15.2 Å². The van der Waals surface area contributed by atoms with Crippen molar-refractivity contribution in [2.24, 2.45) is 7.05 Å². The molecule has 2 aromatic heterocycles. The molecule has 2 rings (SSSR count). The second-order valence-corrected chi connectivity index (χ2v) is 4.16. The lowest BCUT2D eigenvalue weighted by Gasteiger charge is -2.01. The third kappa shape index (κ3) is 2.22. The average Bonchev–Trinajstić information content (AvgIpc) is 2.59. The van der Waals surface area contributed by atoms with Gasteiger partial charge in [0.05, 0.1) is 22.6 Å². The lowest BCUT2D eigenvalue weighted by atomic mass is 10.4. The molecule has 0 spiro atoms. The van der Waals surface area contributed by atoms with Crippen LogP contribution in [0.4, 0.5) is 0 Å². The summed E-state index contributed by atoms with van der Waals surface area (Å²) >= 11 is 1.96. The van der Waals surface area contributed by atoms with Crippen molar-refractivity contribution >= 4 is 22.6 Å². The number of halogens is 1. The lowest BCUT2D eigenvalue weighted by Crippen LogP contribution is -2.23. The highest BCUT2D eigenvalue weighted by Gasteiger charge is 2.03. The van der Waals surface area contributed by atoms with E-state index in [1.54, 1.807) is 13.2 Å². The minimum absolute atomic E-state index is 0.0590. The molecule has 0 unspecified atom stereocenters. The number of hydrogen-bond acceptors (Lipinski definition) is 4. The van der Waals surface area contributed by atoms with Gasteiger partial charge in [0.25, 0.3) is 5.56 Å². The maximum atomic E-state index is 11.6. The van der Waals surface area contributed by atoms with Crippen LogP contribution < -0.4 is 5.56 Å². The van der Waals surface area contributed by atoms with Gasteiger partial charge in [0, 0.05) is 13.2 Å². The summed E-state index contributed by atoms with van der Waals surface area (Å²) in [6.07, 6.45) is 4.67. The molecule has 0 atom stereocenters. The van der Waals surface area contributed by atoms with Gasteiger partial charge in [-0.15, -0.1) is 0 Å². The molecule has 7 heteroatoms. The largest absolute Gasteiger partial charge is 0.292 e. The van der Waals surface area contributed by atoms with Crippen LogP contribution in [-0.2, 0) is 13.6 Å². The molecule has 0 N–H and O–H groups in total. The molecule has 0 saturated heterocycles. The highest BCUT2D eigenvalue weighted by molar-refractivity contribution is 14.1. The van der Waals surface area contributed by atoms with Crippen molar-refractivity contribution in [2.75, 3.05) is 0 Å². The molecular weight excluding hydrogens is 309 g/mol. The normalized spacial score (nSPS) is 10.5. The van der Waals surface area contributed by atoms with E-state index >= 15 is 0 Å². The summed E-state index contributed by atoms with van der Waals surface area (Å²) in [5, 5.41) is 8.03. The lowest BCUT2D eigenvalue weighted by molar-refractivity contribution is 0.630. The van der Waals surface area contributed by atoms with Crippen molar-refractivity contribution in [3.05, 3.63) is 38.3 Å². The van der Waals surface area contributed by atoms with Gasteiger partial charge >= 0.3 is 0 Å². The molecule has 0 radical (unpaired) electrons. The standard InChI is InChI=1S/C8H8IN5O/c1-13-11-2-6(12-13)4-14-5-10-3-7(9)8(14)15/h2-3,5H,4H2,1H3. The van der Waals surface area contributed by atoms with Gasteiger partial charge in [0.15, 0.2) is 0 Å². The summed E-state index contributed by atoms with van der Waals surface area (Å²) in [7, 11) is 1.74. The third-order valence-electron chi connectivity index (χ3n) is 1.84. The summed E-state index contributed by atoms with van der Waals surface area (Å²) in [5.74, 6) is 0. The topological polar surface area (TPSA) is 65.6 Å². The van der Waals surface area contributed by atoms with Crippen molar-refractivity contribution in [3.63, 3.8) is 0 Å². The van der Waals surface area contributed by atoms with Crippen LogP contribution in [0.25, 0.3) is 0 Å². The van der Waals surface area contributed by atoms with Crippen molar-refractivity contribution in [2.45, 2.75) is 6.54 Å². The van der Waals surface area contributed by atoms with E-state index in [-0.39, 0.29) is 5.56 Å². The minimum Gasteiger partial charge on any atom is -0.292 e. The zero-order valence-corrected chi connectivity index (χ0v) is 10.1. The summed E-state index contributed by atoms with van der Waals surface area (Å²) in [4.78, 5) is 17.0. The molecule has 2 aromatic rings. The molecule has 0 aromatic carbocycles. The van der Waals surface area contributed by atoms with E-state index in [0.717, 1.165) is 5.69 Å². The van der Waals surface area contributed by atoms with Gasteiger partial charge in [-0.2, -0.15) is 15.0 Å². The predicted octanol–water partition coefficient (Wildman–Crippen LogP) is 0.0247. The van der Waals surface area contributed by atoms with Crippen LogP contribution in [0.3, 0.4) is 0 Å². The van der Waals surface area contributed by atoms with Crippen molar-refractivity contribution in [1.29, 1.82) is 0 Å². The Kier molecular flexibility index (Phi) is 2.80. The molecular formula is C8H8IN5O. The second kappa shape index (κ2) is 4.09. The summed E-state index contributed by atoms with van der Waals surface area (Å²) in [5.41, 5.74) is 0.680. The molecule has 15 heavy (non-hydrogen) atoms. The van der Waals surface area contributed by atoms with Crippen molar-refractivity contribution < 1.29 is 0 Å². The first-order valence-corrected chi connectivity index (χ1v) is 5.30. The Morgan fingerprint density at radius 2 is 2.27 bits per heavy atom. The molecule has 0 fully saturated rings. The van der Waals surface area contributed by atoms with E-state index < -0.39 is 0 Å². The van der Waals surface area contributed by atoms with Crippen LogP contribution in [0.2, 0.25) is 0 Å². The summed E-state index contributed by atoms with van der Waals surface area (Å²) in [6, 6.07) is 0. The van der Waals surface area contributed by atoms with Crippen molar-refractivity contribution in [1.82, 2.24) is 24.5 Å². The van der Waals surface area contributed by atoms with E-state index in [4.69, 9.17) is 0 Å². The first kappa shape index (κ1) is 10.3. The molecule has 6 nitrogen and oxygen atoms in total. The Morgan fingerprint density at radius 1 is 1.47 bits per heavy atom. The fraction of sp³-hybridized carbons (Fsp3) is 0.250. The number of hydrogen-bond donors (Lipinski definition) is 0. The average molecular weight is 317 g/mol. The fourth-order valence-electron chi connectivity index (χ4n) is 1.17. The van der Waals surface area contributed by atoms with Crippen LogP contribution in [0.15, 0.2) is 23.5 Å². The van der Waals surface area contributed by atoms with Gasteiger partial charge in [-0.25, -0.2) is 4.98 Å². The Bertz CT molecular complexity index is 532. The number of nitrogens with zero attached hydrogens (tertiary/aromatic N) is 5. The maximum absolute atomic E-state index is 11.6. The highest BCUT2D eigenvalue weighted by Crippen LogP contribution is 1.96. The van der Waals surface area contributed by atoms with Gasteiger partial charge in [0.1, 0.15) is 5.69 Å². The molecule has 0 aliphatic heterocycles. The molecule has 0 aliphatic rings. The van der Waals surface area contributed by atoms with E-state index in [1.165, 1.54) is 21.9 Å². The number of aryl methyl sites for hydroxylation is 1. The van der Waals surface area contributed by atoms with Crippen LogP contribution in [0.1, 0.15) is 5.69 Å². The minimum atomic E-state index is -0.0590. The SMILES string of the molecule is Cn1ncc(Cn2cncc(I)c2=O)n1. The summed E-state index contributed by atoms with van der Waals surface area (Å²) < 4.78 is 2.10. The first-order valence-electron chi connectivity index (χ1n) is 4.22. The zero-order valence-electron chi connectivity index (χ0n) is 7.96. The van der Waals surface area contributed by atoms with Crippen LogP contribution in [0, 0.1) is 3.57 Å². The smallest absolute Gasteiger partial charge is 0.267 e. The molecule has 0 aliphatic carbocycles. The second-order valence-electron chi connectivity index (χ2n) is 3.00. The van der Waals surface area contributed by atoms with Gasteiger partial charge < -0.3 is 0 Å². The van der Waals surface area contributed by atoms with Crippen LogP contribution >= 0.6 is 22.6 Å². The predicted molar refractivity (Wildman–Crippen MR) is 61.3 cm³/mol. The number of aromatic nitrogens is 5. The van der Waals surface area contributed by atoms with Crippen molar-refractivity contribution in [3.8, 4) is 0 Å². The first-order chi connectivity index (χ1) is 7.16. The Hall–Kier alpha value is -1.25. The quantitative estimate of drug-likeness (QED) is 0.733. The Labute approximate surface area is 99.1 Å². The van der Waals surface area contributed by atoms with Gasteiger partial charge in [-0.3, -0.25) is 9.36 Å². The Morgan fingerprint density at radius 3 is 2.93 bits per heavy atom. The molecule has 0 amide bonds. The van der Waals surface area contributed by atoms with Gasteiger partial charge in [-0.1, -0.05) is 0 Å². The number of rotatable bonds is 2. The van der Waals surface area contributed by atoms with Gasteiger partial charge in [-0.05, 0) is 22.6 Å². The maximum Gasteiger partial charge on any atom is 0.267 e. The molecule has 2 heterocycles. The summed E-state index contributed by atoms with van der Waals surface area (Å²) in [6.45, 7) is 0.399. The monoisotopic (exact) mass is 317 g/mol. The molecule has 0 saturated carbocycles. The zero-order chi connectivity index (χ0) is 10.8. The Balaban J connectivity index is 2.32. The molecule has 78 valence electrons. The van der Waals surface area contributed by atoms with E-state index in [9.17, 15) is 4.79 Å². The van der Waals surface area contributed by atoms with Crippen LogP contribution in [-0.4, -0.2) is 24.5 Å². The van der Waals surface area contributed by atoms with Gasteiger partial charge in [0.2, 0.25) is 0 Å². The van der Waals surface area contributed by atoms with E-state index in [0.29, 0.717) is 10.1 Å². The third-order valence-corrected chi connectivity index (χ3v) is 2.58. The molecule has 0 bridgehead atoms.